The average molecular weight is 287 g/mol. The molecule has 102 valence electrons. The highest BCUT2D eigenvalue weighted by molar-refractivity contribution is 7.98. The van der Waals surface area contributed by atoms with Gasteiger partial charge in [-0.15, -0.1) is 24.2 Å². The van der Waals surface area contributed by atoms with E-state index in [4.69, 9.17) is 0 Å². The van der Waals surface area contributed by atoms with Crippen molar-refractivity contribution in [2.24, 2.45) is 0 Å². The van der Waals surface area contributed by atoms with Gasteiger partial charge in [0.1, 0.15) is 0 Å². The Balaban J connectivity index is 0.00000162. The number of halogens is 1. The Hall–Kier alpha value is -0.220. The van der Waals surface area contributed by atoms with E-state index in [1.165, 1.54) is 36.4 Å². The van der Waals surface area contributed by atoms with Gasteiger partial charge in [-0.25, -0.2) is 0 Å². The van der Waals surface area contributed by atoms with Gasteiger partial charge in [0.25, 0.3) is 0 Å². The van der Waals surface area contributed by atoms with E-state index >= 15 is 0 Å². The fourth-order valence-corrected chi connectivity index (χ4v) is 2.80. The lowest BCUT2D eigenvalue weighted by atomic mass is 10.0. The minimum absolute atomic E-state index is 0. The Morgan fingerprint density at radius 1 is 1.22 bits per heavy atom. The van der Waals surface area contributed by atoms with Crippen LogP contribution in [0.5, 0.6) is 0 Å². The topological polar surface area (TPSA) is 15.3 Å². The third-order valence-electron chi connectivity index (χ3n) is 3.52. The molecule has 0 aliphatic carbocycles. The smallest absolute Gasteiger partial charge is 0.0233 e. The van der Waals surface area contributed by atoms with E-state index in [0.717, 1.165) is 12.6 Å². The zero-order valence-electron chi connectivity index (χ0n) is 11.2. The van der Waals surface area contributed by atoms with Crippen molar-refractivity contribution in [3.63, 3.8) is 0 Å². The highest BCUT2D eigenvalue weighted by Crippen LogP contribution is 2.17. The van der Waals surface area contributed by atoms with Crippen molar-refractivity contribution in [2.75, 3.05) is 26.4 Å². The summed E-state index contributed by atoms with van der Waals surface area (Å²) in [6.45, 7) is 3.40. The molecule has 1 N–H and O–H groups in total. The van der Waals surface area contributed by atoms with Crippen LogP contribution in [0, 0.1) is 0 Å². The minimum atomic E-state index is 0. The van der Waals surface area contributed by atoms with Crippen LogP contribution in [0.25, 0.3) is 0 Å². The molecule has 2 nitrogen and oxygen atoms in total. The maximum atomic E-state index is 3.42. The first kappa shape index (κ1) is 15.8. The Morgan fingerprint density at radius 2 is 1.83 bits per heavy atom. The van der Waals surface area contributed by atoms with Gasteiger partial charge >= 0.3 is 0 Å². The van der Waals surface area contributed by atoms with Crippen LogP contribution in [-0.4, -0.2) is 37.3 Å². The van der Waals surface area contributed by atoms with Crippen LogP contribution in [0.2, 0.25) is 0 Å². The molecule has 1 heterocycles. The van der Waals surface area contributed by atoms with Crippen molar-refractivity contribution in [3.05, 3.63) is 29.8 Å². The normalized spacial score (nSPS) is 16.6. The first-order valence-electron chi connectivity index (χ1n) is 6.33. The van der Waals surface area contributed by atoms with Crippen molar-refractivity contribution in [3.8, 4) is 0 Å². The molecule has 1 fully saturated rings. The molecule has 1 aliphatic heterocycles. The summed E-state index contributed by atoms with van der Waals surface area (Å²) in [6, 6.07) is 9.69. The molecule has 1 aromatic rings. The van der Waals surface area contributed by atoms with Crippen molar-refractivity contribution in [2.45, 2.75) is 30.3 Å². The number of thioether (sulfide) groups is 1. The van der Waals surface area contributed by atoms with E-state index < -0.39 is 0 Å². The molecule has 0 atom stereocenters. The Labute approximate surface area is 121 Å². The van der Waals surface area contributed by atoms with Crippen molar-refractivity contribution < 1.29 is 0 Å². The zero-order chi connectivity index (χ0) is 12.1. The molecule has 1 saturated heterocycles. The van der Waals surface area contributed by atoms with Crippen LogP contribution in [0.1, 0.15) is 18.4 Å². The second kappa shape index (κ2) is 8.05. The molecule has 0 saturated carbocycles. The molecule has 0 aromatic heterocycles. The van der Waals surface area contributed by atoms with Gasteiger partial charge in [-0.05, 0) is 56.9 Å². The second-order valence-corrected chi connectivity index (χ2v) is 5.62. The highest BCUT2D eigenvalue weighted by atomic mass is 35.5. The predicted molar refractivity (Wildman–Crippen MR) is 82.8 cm³/mol. The summed E-state index contributed by atoms with van der Waals surface area (Å²) >= 11 is 1.80. The molecule has 18 heavy (non-hydrogen) atoms. The maximum Gasteiger partial charge on any atom is 0.0233 e. The summed E-state index contributed by atoms with van der Waals surface area (Å²) in [6.07, 6.45) is 4.68. The van der Waals surface area contributed by atoms with Gasteiger partial charge in [0.15, 0.2) is 0 Å². The Kier molecular flexibility index (Phi) is 7.08. The van der Waals surface area contributed by atoms with Gasteiger partial charge in [0.05, 0.1) is 0 Å². The van der Waals surface area contributed by atoms with Crippen molar-refractivity contribution in [1.82, 2.24) is 10.2 Å². The van der Waals surface area contributed by atoms with Gasteiger partial charge in [0.2, 0.25) is 0 Å². The Bertz CT molecular complexity index is 336. The molecule has 0 amide bonds. The summed E-state index contributed by atoms with van der Waals surface area (Å²) in [4.78, 5) is 3.84. The minimum Gasteiger partial charge on any atom is -0.317 e. The van der Waals surface area contributed by atoms with E-state index in [1.807, 2.05) is 0 Å². The third-order valence-corrected chi connectivity index (χ3v) is 4.27. The van der Waals surface area contributed by atoms with Crippen LogP contribution in [0.15, 0.2) is 29.2 Å². The number of hydrogen-bond donors (Lipinski definition) is 1. The lowest BCUT2D eigenvalue weighted by Gasteiger charge is -2.31. The molecule has 0 spiro atoms. The van der Waals surface area contributed by atoms with Crippen molar-refractivity contribution in [1.29, 1.82) is 0 Å². The maximum absolute atomic E-state index is 3.42. The third kappa shape index (κ3) is 4.47. The average Bonchev–Trinajstić information content (AvgIpc) is 2.40. The standard InChI is InChI=1S/C14H22N2S.ClH/c1-16(13-7-9-15-10-8-13)11-12-3-5-14(17-2)6-4-12;/h3-6,13,15H,7-11H2,1-2H3;1H. The molecule has 0 unspecified atom stereocenters. The second-order valence-electron chi connectivity index (χ2n) is 4.74. The van der Waals surface area contributed by atoms with E-state index in [2.05, 4.69) is 47.8 Å². The van der Waals surface area contributed by atoms with Crippen LogP contribution in [-0.2, 0) is 6.54 Å². The van der Waals surface area contributed by atoms with Gasteiger partial charge < -0.3 is 5.32 Å². The van der Waals surface area contributed by atoms with Gasteiger partial charge in [-0.2, -0.15) is 0 Å². The van der Waals surface area contributed by atoms with Crippen LogP contribution in [0.3, 0.4) is 0 Å². The van der Waals surface area contributed by atoms with E-state index in [9.17, 15) is 0 Å². The van der Waals surface area contributed by atoms with Gasteiger partial charge in [-0.1, -0.05) is 12.1 Å². The van der Waals surface area contributed by atoms with Gasteiger partial charge in [-0.3, -0.25) is 4.90 Å². The molecule has 1 aromatic carbocycles. The number of benzene rings is 1. The predicted octanol–water partition coefficient (Wildman–Crippen LogP) is 3.01. The molecule has 2 rings (SSSR count). The highest BCUT2D eigenvalue weighted by Gasteiger charge is 2.17. The van der Waals surface area contributed by atoms with Crippen LogP contribution < -0.4 is 5.32 Å². The number of nitrogens with one attached hydrogen (secondary N) is 1. The molecular formula is C14H23ClN2S. The molecule has 0 bridgehead atoms. The lowest BCUT2D eigenvalue weighted by molar-refractivity contribution is 0.192. The number of rotatable bonds is 4. The fourth-order valence-electron chi connectivity index (χ4n) is 2.40. The lowest BCUT2D eigenvalue weighted by Crippen LogP contribution is -2.40. The zero-order valence-corrected chi connectivity index (χ0v) is 12.8. The molecule has 4 heteroatoms. The quantitative estimate of drug-likeness (QED) is 0.857. The first-order valence-corrected chi connectivity index (χ1v) is 7.56. The van der Waals surface area contributed by atoms with E-state index in [0.29, 0.717) is 0 Å². The van der Waals surface area contributed by atoms with Crippen LogP contribution >= 0.6 is 24.2 Å². The fraction of sp³-hybridized carbons (Fsp3) is 0.571. The Morgan fingerprint density at radius 3 is 2.39 bits per heavy atom. The molecule has 1 aliphatic rings. The van der Waals surface area contributed by atoms with Crippen molar-refractivity contribution >= 4 is 24.2 Å². The number of nitrogens with zero attached hydrogens (tertiary/aromatic N) is 1. The summed E-state index contributed by atoms with van der Waals surface area (Å²) in [7, 11) is 2.25. The van der Waals surface area contributed by atoms with Crippen LogP contribution in [0.4, 0.5) is 0 Å². The number of hydrogen-bond acceptors (Lipinski definition) is 3. The van der Waals surface area contributed by atoms with Gasteiger partial charge in [0, 0.05) is 17.5 Å². The van der Waals surface area contributed by atoms with E-state index in [1.54, 1.807) is 11.8 Å². The molecular weight excluding hydrogens is 264 g/mol. The molecule has 0 radical (unpaired) electrons. The summed E-state index contributed by atoms with van der Waals surface area (Å²) < 4.78 is 0. The largest absolute Gasteiger partial charge is 0.317 e. The first-order chi connectivity index (χ1) is 8.29. The monoisotopic (exact) mass is 286 g/mol. The van der Waals surface area contributed by atoms with E-state index in [-0.39, 0.29) is 12.4 Å². The SMILES string of the molecule is CSc1ccc(CN(C)C2CCNCC2)cc1.Cl. The number of piperidine rings is 1. The summed E-state index contributed by atoms with van der Waals surface area (Å²) in [5.41, 5.74) is 1.42. The summed E-state index contributed by atoms with van der Waals surface area (Å²) in [5, 5.41) is 3.42. The summed E-state index contributed by atoms with van der Waals surface area (Å²) in [5.74, 6) is 0.